The van der Waals surface area contributed by atoms with Gasteiger partial charge in [0.15, 0.2) is 0 Å². The highest BCUT2D eigenvalue weighted by Gasteiger charge is 2.42. The van der Waals surface area contributed by atoms with Gasteiger partial charge >= 0.3 is 42.1 Å². The van der Waals surface area contributed by atoms with Crippen LogP contribution in [0.25, 0.3) is 10.8 Å². The Morgan fingerprint density at radius 2 is 1.15 bits per heavy atom. The number of urea groups is 2. The van der Waals surface area contributed by atoms with Crippen LogP contribution in [0.3, 0.4) is 0 Å². The third kappa shape index (κ3) is 6.91. The molecular formula is C23H22F3N3O10. The Kier molecular flexibility index (Phi) is 9.07. The summed E-state index contributed by atoms with van der Waals surface area (Å²) in [5.74, 6) is -8.79. The van der Waals surface area contributed by atoms with Crippen LogP contribution in [0.4, 0.5) is 22.8 Å². The van der Waals surface area contributed by atoms with E-state index in [0.717, 1.165) is 18.2 Å². The number of carbonyl (C=O) groups excluding carboxylic acids is 2. The second kappa shape index (κ2) is 11.7. The smallest absolute Gasteiger partial charge is 0.391 e. The van der Waals surface area contributed by atoms with E-state index < -0.39 is 87.0 Å². The second-order valence-corrected chi connectivity index (χ2v) is 8.46. The van der Waals surface area contributed by atoms with Crippen LogP contribution >= 0.6 is 0 Å². The van der Waals surface area contributed by atoms with E-state index in [9.17, 15) is 62.4 Å². The molecule has 4 amide bonds. The van der Waals surface area contributed by atoms with E-state index in [1.807, 2.05) is 0 Å². The Hall–Kier alpha value is -4.89. The normalized spacial score (nSPS) is 16.9. The Balaban J connectivity index is 0.000000673. The van der Waals surface area contributed by atoms with Gasteiger partial charge in [0, 0.05) is 10.8 Å². The molecule has 1 fully saturated rings. The van der Waals surface area contributed by atoms with Crippen LogP contribution in [0, 0.1) is 5.92 Å². The van der Waals surface area contributed by atoms with Crippen LogP contribution < -0.4 is 16.8 Å². The number of hydrogen-bond donors (Lipinski definition) is 7. The van der Waals surface area contributed by atoms with Gasteiger partial charge in [-0.05, 0) is 55.4 Å². The van der Waals surface area contributed by atoms with Crippen LogP contribution in [-0.2, 0) is 0 Å². The predicted molar refractivity (Wildman–Crippen MR) is 125 cm³/mol. The number of nitrogens with two attached hydrogens (primary N) is 2. The maximum atomic E-state index is 13.0. The van der Waals surface area contributed by atoms with E-state index in [1.54, 1.807) is 5.32 Å². The van der Waals surface area contributed by atoms with Crippen molar-refractivity contribution in [2.45, 2.75) is 37.8 Å². The standard InChI is InChI=1S/C21H17F3O8.C2H5N3O2/c22-21(23,24)9-3-1-8(2-4-9)12-7-13(19(29)30)14-10(17(25)26)5-6-11(18(27)28)15(14)16(12)20(31)32;3-1(6)5-2(4)7/h5-9H,1-4H2,(H,25,26)(H,27,28)(H,29,30)(H,31,32);(H5,3,4,5,6,7). The highest BCUT2D eigenvalue weighted by atomic mass is 19.4. The van der Waals surface area contributed by atoms with Crippen molar-refractivity contribution in [2.75, 3.05) is 0 Å². The monoisotopic (exact) mass is 557 g/mol. The average Bonchev–Trinajstić information content (AvgIpc) is 2.80. The molecule has 0 aromatic heterocycles. The number of carboxylic acids is 4. The van der Waals surface area contributed by atoms with Crippen molar-refractivity contribution in [1.29, 1.82) is 0 Å². The van der Waals surface area contributed by atoms with Gasteiger partial charge in [-0.2, -0.15) is 13.2 Å². The lowest BCUT2D eigenvalue weighted by Gasteiger charge is -2.31. The molecule has 1 aliphatic rings. The number of carboxylic acid groups (broad SMARTS) is 4. The summed E-state index contributed by atoms with van der Waals surface area (Å²) in [6, 6.07) is 0.821. The molecular weight excluding hydrogens is 535 g/mol. The summed E-state index contributed by atoms with van der Waals surface area (Å²) < 4.78 is 39.1. The summed E-state index contributed by atoms with van der Waals surface area (Å²) in [5, 5.41) is 39.0. The third-order valence-corrected chi connectivity index (χ3v) is 6.09. The zero-order valence-electron chi connectivity index (χ0n) is 19.7. The summed E-state index contributed by atoms with van der Waals surface area (Å²) in [7, 11) is 0. The van der Waals surface area contributed by atoms with E-state index in [4.69, 9.17) is 0 Å². The first kappa shape index (κ1) is 30.3. The summed E-state index contributed by atoms with van der Waals surface area (Å²) in [6.45, 7) is 0. The Labute approximate surface area is 216 Å². The largest absolute Gasteiger partial charge is 0.478 e. The van der Waals surface area contributed by atoms with Gasteiger partial charge < -0.3 is 31.9 Å². The highest BCUT2D eigenvalue weighted by molar-refractivity contribution is 6.22. The lowest BCUT2D eigenvalue weighted by Crippen LogP contribution is -2.38. The van der Waals surface area contributed by atoms with Gasteiger partial charge in [-0.15, -0.1) is 0 Å². The first-order chi connectivity index (χ1) is 18.0. The van der Waals surface area contributed by atoms with Crippen molar-refractivity contribution in [3.8, 4) is 0 Å². The Morgan fingerprint density at radius 3 is 1.49 bits per heavy atom. The SMILES string of the molecule is NC(=O)NC(N)=O.O=C(O)c1ccc(C(=O)O)c2c(C(=O)O)c(C3CCC(C(F)(F)F)CC3)cc(C(=O)O)c12. The van der Waals surface area contributed by atoms with Gasteiger partial charge in [-0.3, -0.25) is 5.32 Å². The number of imide groups is 1. The fourth-order valence-corrected chi connectivity index (χ4v) is 4.52. The molecule has 0 unspecified atom stereocenters. The van der Waals surface area contributed by atoms with Gasteiger partial charge in [0.05, 0.1) is 28.2 Å². The number of hydrogen-bond acceptors (Lipinski definition) is 6. The molecule has 16 heteroatoms. The molecule has 39 heavy (non-hydrogen) atoms. The third-order valence-electron chi connectivity index (χ3n) is 6.09. The fourth-order valence-electron chi connectivity index (χ4n) is 4.52. The summed E-state index contributed by atoms with van der Waals surface area (Å²) in [5.41, 5.74) is 6.32. The van der Waals surface area contributed by atoms with Crippen LogP contribution in [0.15, 0.2) is 18.2 Å². The van der Waals surface area contributed by atoms with E-state index in [1.165, 1.54) is 0 Å². The number of aromatic carboxylic acids is 4. The molecule has 1 aliphatic carbocycles. The number of carbonyl (C=O) groups is 6. The van der Waals surface area contributed by atoms with Gasteiger partial charge in [0.25, 0.3) is 0 Å². The number of alkyl halides is 3. The lowest BCUT2D eigenvalue weighted by atomic mass is 9.75. The first-order valence-electron chi connectivity index (χ1n) is 11.0. The zero-order valence-corrected chi connectivity index (χ0v) is 19.7. The minimum absolute atomic E-state index is 0.0873. The van der Waals surface area contributed by atoms with Gasteiger partial charge in [0.1, 0.15) is 0 Å². The maximum Gasteiger partial charge on any atom is 0.391 e. The molecule has 0 saturated heterocycles. The quantitative estimate of drug-likeness (QED) is 0.283. The van der Waals surface area contributed by atoms with Gasteiger partial charge in [-0.1, -0.05) is 0 Å². The number of benzene rings is 2. The molecule has 210 valence electrons. The molecule has 3 rings (SSSR count). The minimum atomic E-state index is -4.41. The lowest BCUT2D eigenvalue weighted by molar-refractivity contribution is -0.182. The van der Waals surface area contributed by atoms with Crippen molar-refractivity contribution < 1.29 is 62.4 Å². The van der Waals surface area contributed by atoms with E-state index in [2.05, 4.69) is 11.5 Å². The number of amides is 4. The Bertz CT molecular complexity index is 1350. The van der Waals surface area contributed by atoms with Crippen LogP contribution in [-0.4, -0.2) is 62.5 Å². The van der Waals surface area contributed by atoms with Crippen LogP contribution in [0.2, 0.25) is 0 Å². The number of fused-ring (bicyclic) bond motifs is 1. The van der Waals surface area contributed by atoms with Crippen molar-refractivity contribution >= 4 is 46.7 Å². The molecule has 2 aromatic rings. The molecule has 13 nitrogen and oxygen atoms in total. The van der Waals surface area contributed by atoms with Crippen molar-refractivity contribution in [2.24, 2.45) is 17.4 Å². The molecule has 2 aromatic carbocycles. The van der Waals surface area contributed by atoms with Crippen molar-refractivity contribution in [3.63, 3.8) is 0 Å². The summed E-state index contributed by atoms with van der Waals surface area (Å²) in [6.07, 6.45) is -5.18. The van der Waals surface area contributed by atoms with Crippen molar-refractivity contribution in [1.82, 2.24) is 5.32 Å². The predicted octanol–water partition coefficient (Wildman–Crippen LogP) is 3.20. The maximum absolute atomic E-state index is 13.0. The number of primary amides is 2. The second-order valence-electron chi connectivity index (χ2n) is 8.46. The highest BCUT2D eigenvalue weighted by Crippen LogP contribution is 2.45. The minimum Gasteiger partial charge on any atom is -0.478 e. The molecule has 0 spiro atoms. The topological polar surface area (TPSA) is 247 Å². The van der Waals surface area contributed by atoms with E-state index in [-0.39, 0.29) is 31.2 Å². The average molecular weight is 557 g/mol. The zero-order chi connectivity index (χ0) is 29.8. The number of halogens is 3. The molecule has 0 radical (unpaired) electrons. The molecule has 0 bridgehead atoms. The number of rotatable bonds is 5. The summed E-state index contributed by atoms with van der Waals surface area (Å²) >= 11 is 0. The van der Waals surface area contributed by atoms with Gasteiger partial charge in [0.2, 0.25) is 0 Å². The van der Waals surface area contributed by atoms with Crippen LogP contribution in [0.5, 0.6) is 0 Å². The fraction of sp³-hybridized carbons (Fsp3) is 0.304. The molecule has 0 heterocycles. The first-order valence-corrected chi connectivity index (χ1v) is 11.0. The number of nitrogens with one attached hydrogen (secondary N) is 1. The van der Waals surface area contributed by atoms with E-state index >= 15 is 0 Å². The molecule has 0 aliphatic heterocycles. The molecule has 1 saturated carbocycles. The van der Waals surface area contributed by atoms with Gasteiger partial charge in [-0.25, -0.2) is 28.8 Å². The van der Waals surface area contributed by atoms with Crippen molar-refractivity contribution in [3.05, 3.63) is 46.0 Å². The molecule has 9 N–H and O–H groups in total. The summed E-state index contributed by atoms with van der Waals surface area (Å²) in [4.78, 5) is 66.8. The van der Waals surface area contributed by atoms with Crippen LogP contribution in [0.1, 0.15) is 78.6 Å². The van der Waals surface area contributed by atoms with E-state index in [0.29, 0.717) is 0 Å². The Morgan fingerprint density at radius 1 is 0.718 bits per heavy atom. The molecule has 0 atom stereocenters.